The van der Waals surface area contributed by atoms with Crippen molar-refractivity contribution in [1.82, 2.24) is 0 Å². The maximum Gasteiger partial charge on any atom is 0.187 e. The second kappa shape index (κ2) is 16.8. The molecule has 0 amide bonds. The van der Waals surface area contributed by atoms with Crippen LogP contribution in [0.5, 0.6) is 0 Å². The van der Waals surface area contributed by atoms with Crippen molar-refractivity contribution in [2.24, 2.45) is 46.3 Å². The van der Waals surface area contributed by atoms with E-state index in [1.165, 1.54) is 25.8 Å². The monoisotopic (exact) mass is 868 g/mol. The molecule has 5 saturated heterocycles. The minimum atomic E-state index is -1.71. The van der Waals surface area contributed by atoms with Crippen LogP contribution in [-0.4, -0.2) is 164 Å². The fourth-order valence-electron chi connectivity index (χ4n) is 14.0. The highest BCUT2D eigenvalue weighted by atomic mass is 16.8. The molecule has 1 spiro atoms. The number of hydrogen-bond donors (Lipinski definition) is 8. The van der Waals surface area contributed by atoms with E-state index in [9.17, 15) is 40.9 Å². The molecule has 0 aromatic carbocycles. The molecule has 16 nitrogen and oxygen atoms in total. The first kappa shape index (κ1) is 45.3. The molecule has 0 unspecified atom stereocenters. The fourth-order valence-corrected chi connectivity index (χ4v) is 14.0. The van der Waals surface area contributed by atoms with E-state index < -0.39 is 105 Å². The summed E-state index contributed by atoms with van der Waals surface area (Å²) in [5, 5.41) is 85.9. The van der Waals surface area contributed by atoms with Gasteiger partial charge in [0.15, 0.2) is 24.7 Å². The minimum Gasteiger partial charge on any atom is -0.394 e. The minimum absolute atomic E-state index is 0.0171. The van der Waals surface area contributed by atoms with Gasteiger partial charge in [-0.1, -0.05) is 39.3 Å². The molecule has 9 aliphatic rings. The van der Waals surface area contributed by atoms with E-state index >= 15 is 0 Å². The molecule has 0 aromatic heterocycles. The lowest BCUT2D eigenvalue weighted by atomic mass is 9.47. The number of allylic oxidation sites excluding steroid dienone is 1. The van der Waals surface area contributed by atoms with Crippen molar-refractivity contribution in [2.75, 3.05) is 13.2 Å². The van der Waals surface area contributed by atoms with E-state index in [0.717, 1.165) is 45.1 Å². The van der Waals surface area contributed by atoms with Crippen molar-refractivity contribution < 1.29 is 78.7 Å². The third-order valence-corrected chi connectivity index (χ3v) is 17.6. The van der Waals surface area contributed by atoms with E-state index in [0.29, 0.717) is 48.3 Å². The highest BCUT2D eigenvalue weighted by Crippen LogP contribution is 2.70. The first-order valence-corrected chi connectivity index (χ1v) is 23.2. The maximum atomic E-state index is 12.0. The summed E-state index contributed by atoms with van der Waals surface area (Å²) >= 11 is 0. The zero-order valence-corrected chi connectivity index (χ0v) is 36.5. The average Bonchev–Trinajstić information content (AvgIpc) is 3.69. The van der Waals surface area contributed by atoms with Gasteiger partial charge in [0.1, 0.15) is 61.0 Å². The van der Waals surface area contributed by atoms with Gasteiger partial charge < -0.3 is 78.7 Å². The molecule has 5 heterocycles. The summed E-state index contributed by atoms with van der Waals surface area (Å²) in [5.74, 6) is 2.64. The van der Waals surface area contributed by atoms with Gasteiger partial charge in [0, 0.05) is 12.3 Å². The summed E-state index contributed by atoms with van der Waals surface area (Å²) in [6.07, 6.45) is -10.4. The molecule has 4 aliphatic carbocycles. The Labute approximate surface area is 358 Å². The lowest BCUT2D eigenvalue weighted by molar-refractivity contribution is -0.388. The quantitative estimate of drug-likeness (QED) is 0.168. The Hall–Kier alpha value is -0.900. The Balaban J connectivity index is 0.916. The van der Waals surface area contributed by atoms with Crippen LogP contribution >= 0.6 is 0 Å². The van der Waals surface area contributed by atoms with Gasteiger partial charge in [-0.05, 0) is 106 Å². The SMILES string of the molecule is C[C@@H]1CC[C@]2(OC1)O[C@H]1C[C@@H]3[C@H]4CC=C5C[C@@H](O[C@@H]6O[C@H](CO)[C@@H](O[C@@H]7O[C@@H](C)[C@H](O)[C@@H](O)[C@H]7O)[C@H](O)[C@H]6O[C@@H]6O[C@@H](C)[C@H](O)[C@@H](O)[C@H]6O)CC[C@]5(C)[C@@H]4CC[C@]3(C)[C@H]1[C@@H]2C. The van der Waals surface area contributed by atoms with Gasteiger partial charge in [-0.25, -0.2) is 0 Å². The summed E-state index contributed by atoms with van der Waals surface area (Å²) in [6.45, 7) is 12.7. The van der Waals surface area contributed by atoms with Crippen molar-refractivity contribution in [2.45, 2.75) is 209 Å². The van der Waals surface area contributed by atoms with Gasteiger partial charge in [-0.2, -0.15) is 0 Å². The molecule has 0 radical (unpaired) electrons. The number of fused-ring (bicyclic) bond motifs is 7. The van der Waals surface area contributed by atoms with Crippen LogP contribution in [0.15, 0.2) is 11.6 Å². The van der Waals surface area contributed by atoms with Crippen LogP contribution in [0, 0.1) is 46.3 Å². The fraction of sp³-hybridized carbons (Fsp3) is 0.956. The molecule has 9 rings (SSSR count). The molecule has 26 atom stereocenters. The highest BCUT2D eigenvalue weighted by Gasteiger charge is 2.69. The summed E-state index contributed by atoms with van der Waals surface area (Å²) in [4.78, 5) is 0. The third-order valence-electron chi connectivity index (χ3n) is 17.6. The Morgan fingerprint density at radius 2 is 1.34 bits per heavy atom. The molecule has 5 aliphatic heterocycles. The molecule has 16 heteroatoms. The van der Waals surface area contributed by atoms with Gasteiger partial charge in [0.2, 0.25) is 0 Å². The van der Waals surface area contributed by atoms with Gasteiger partial charge in [0.05, 0.1) is 37.6 Å². The predicted octanol–water partition coefficient (Wildman–Crippen LogP) is 1.24. The van der Waals surface area contributed by atoms with E-state index in [1.54, 1.807) is 0 Å². The van der Waals surface area contributed by atoms with Crippen LogP contribution in [0.25, 0.3) is 0 Å². The molecule has 348 valence electrons. The Kier molecular flexibility index (Phi) is 12.4. The zero-order valence-electron chi connectivity index (χ0n) is 36.5. The van der Waals surface area contributed by atoms with E-state index in [2.05, 4.69) is 33.8 Å². The largest absolute Gasteiger partial charge is 0.394 e. The number of ether oxygens (including phenoxy) is 8. The molecule has 8 fully saturated rings. The Bertz CT molecular complexity index is 1590. The number of rotatable bonds is 7. The van der Waals surface area contributed by atoms with Crippen molar-refractivity contribution in [3.63, 3.8) is 0 Å². The molecule has 8 N–H and O–H groups in total. The maximum absolute atomic E-state index is 12.0. The first-order chi connectivity index (χ1) is 28.9. The van der Waals surface area contributed by atoms with Gasteiger partial charge >= 0.3 is 0 Å². The number of aliphatic hydroxyl groups excluding tert-OH is 8. The van der Waals surface area contributed by atoms with E-state index in [4.69, 9.17) is 37.9 Å². The Morgan fingerprint density at radius 1 is 0.689 bits per heavy atom. The van der Waals surface area contributed by atoms with Crippen molar-refractivity contribution in [3.05, 3.63) is 11.6 Å². The van der Waals surface area contributed by atoms with Gasteiger partial charge in [0.25, 0.3) is 0 Å². The smallest absolute Gasteiger partial charge is 0.187 e. The lowest BCUT2D eigenvalue weighted by Crippen LogP contribution is -2.66. The molecular formula is C45H72O16. The van der Waals surface area contributed by atoms with Crippen LogP contribution in [0.2, 0.25) is 0 Å². The van der Waals surface area contributed by atoms with Crippen molar-refractivity contribution in [3.8, 4) is 0 Å². The summed E-state index contributed by atoms with van der Waals surface area (Å²) in [5.41, 5.74) is 1.53. The first-order valence-electron chi connectivity index (χ1n) is 23.2. The van der Waals surface area contributed by atoms with Crippen molar-refractivity contribution >= 4 is 0 Å². The normalized spacial score (nSPS) is 58.4. The molecule has 3 saturated carbocycles. The molecule has 0 bridgehead atoms. The topological polar surface area (TPSA) is 236 Å². The predicted molar refractivity (Wildman–Crippen MR) is 213 cm³/mol. The van der Waals surface area contributed by atoms with Crippen LogP contribution < -0.4 is 0 Å². The molecule has 0 aromatic rings. The van der Waals surface area contributed by atoms with E-state index in [-0.39, 0.29) is 23.0 Å². The average molecular weight is 869 g/mol. The summed E-state index contributed by atoms with van der Waals surface area (Å²) in [7, 11) is 0. The Morgan fingerprint density at radius 3 is 1.97 bits per heavy atom. The van der Waals surface area contributed by atoms with Crippen LogP contribution in [0.1, 0.15) is 99.3 Å². The second-order valence-electron chi connectivity index (χ2n) is 21.1. The van der Waals surface area contributed by atoms with Crippen LogP contribution in [-0.2, 0) is 37.9 Å². The number of hydrogen-bond acceptors (Lipinski definition) is 16. The highest BCUT2D eigenvalue weighted by molar-refractivity contribution is 5.26. The standard InChI is InChI=1S/C45H72O16/c1-19-9-14-45(54-18-19)20(2)30-28(61-45)16-27-25-8-7-23-15-24(10-12-43(23,5)26(25)11-13-44(27,30)6)57-42-39(60-41-36(52)34(50)32(48)22(4)56-41)37(53)38(29(17-46)58-42)59-40-35(51)33(49)31(47)21(3)55-40/h7,19-22,24-42,46-53H,8-18H2,1-6H3/t19-,20+,21+,22+,24+,25+,26-,27-,28+,29-,30+,31+,32+,33-,34-,35-,36-,37+,38-,39-,40+,41+,42-,43+,44+,45+/m1/s1. The summed E-state index contributed by atoms with van der Waals surface area (Å²) < 4.78 is 50.1. The molecule has 61 heavy (non-hydrogen) atoms. The lowest BCUT2D eigenvalue weighted by Gasteiger charge is -2.58. The van der Waals surface area contributed by atoms with Crippen LogP contribution in [0.3, 0.4) is 0 Å². The molecular weight excluding hydrogens is 796 g/mol. The van der Waals surface area contributed by atoms with Gasteiger partial charge in [-0.15, -0.1) is 0 Å². The van der Waals surface area contributed by atoms with E-state index in [1.807, 2.05) is 0 Å². The van der Waals surface area contributed by atoms with Crippen molar-refractivity contribution in [1.29, 1.82) is 0 Å². The second-order valence-corrected chi connectivity index (χ2v) is 21.1. The van der Waals surface area contributed by atoms with Crippen LogP contribution in [0.4, 0.5) is 0 Å². The third kappa shape index (κ3) is 7.42. The number of aliphatic hydroxyl groups is 8. The zero-order chi connectivity index (χ0) is 43.5. The van der Waals surface area contributed by atoms with Gasteiger partial charge in [-0.3, -0.25) is 0 Å². The summed E-state index contributed by atoms with van der Waals surface area (Å²) in [6, 6.07) is 0.